The van der Waals surface area contributed by atoms with Gasteiger partial charge in [-0.3, -0.25) is 0 Å². The van der Waals surface area contributed by atoms with Gasteiger partial charge in [0.15, 0.2) is 0 Å². The Bertz CT molecular complexity index is 4390. The van der Waals surface area contributed by atoms with Gasteiger partial charge in [0, 0.05) is 16.3 Å². The molecule has 0 aromatic heterocycles. The lowest BCUT2D eigenvalue weighted by atomic mass is 9.87. The van der Waals surface area contributed by atoms with E-state index in [0.29, 0.717) is 0 Å². The van der Waals surface area contributed by atoms with Crippen molar-refractivity contribution in [2.24, 2.45) is 0 Å². The molecule has 0 bridgehead atoms. The fourth-order valence-electron chi connectivity index (χ4n) is 6.25. The van der Waals surface area contributed by atoms with E-state index in [4.69, 9.17) is 25.3 Å². The molecule has 0 radical (unpaired) electrons. The van der Waals surface area contributed by atoms with Crippen molar-refractivity contribution in [2.45, 2.75) is 0 Å². The van der Waals surface area contributed by atoms with E-state index in [1.807, 2.05) is 0 Å². The first-order chi connectivity index (χ1) is 34.2. The summed E-state index contributed by atoms with van der Waals surface area (Å²) in [5, 5.41) is -5.59. The van der Waals surface area contributed by atoms with Crippen LogP contribution < -0.4 is 4.74 Å². The molecule has 1 heteroatoms. The Balaban J connectivity index is 1.36. The second-order valence-corrected chi connectivity index (χ2v) is 10.8. The van der Waals surface area contributed by atoms with Gasteiger partial charge >= 0.3 is 0 Å². The Morgan fingerprint density at radius 3 is 1.85 bits per heavy atom. The molecule has 0 atom stereocenters. The van der Waals surface area contributed by atoms with Gasteiger partial charge in [0.25, 0.3) is 0 Å². The SMILES string of the molecule is [2H]c1c([2H])c([2H])c2c3c(c([2H])c([2H])c2c1[2H])-c1c([2H])c([2H])c([2H])c2c(-c4c([2H])c([2H])c5c([2H])c([2H])c([2H])c(-c6c([2H])c([2H])c7c([2H])c([2H])c8c([2H])c([2H])c([2H])c9c([2H])c([2H])c6c7c89)c5c4[2H])c([2H])c([2H])c(c12)O3. The van der Waals surface area contributed by atoms with Gasteiger partial charge in [-0.2, -0.15) is 0 Å². The van der Waals surface area contributed by atoms with Gasteiger partial charge in [0.1, 0.15) is 11.5 Å². The smallest absolute Gasteiger partial charge is 0.143 e. The summed E-state index contributed by atoms with van der Waals surface area (Å²) < 4.78 is 242. The standard InChI is InChI=1S/C46H26O/c1-2-10-34-27(6-1)18-23-40-38-13-5-12-37-33(24-25-42(45(37)38)47-46(34)40)32-17-14-28-7-4-11-35(41(28)26-32)36-21-19-31-16-15-29-8-3-9-30-20-22-39(36)44(31)43(29)30/h1-26H/i1D,2D,3D,4D,5D,6D,7D,8D,9D,10D,11D,12D,13D,14D,15D,16D,17D,18D,19D,20D,21D,22D,23D,24D,25D,26D. The molecule has 0 saturated heterocycles. The molecule has 0 amide bonds. The lowest BCUT2D eigenvalue weighted by Crippen LogP contribution is -1.98. The van der Waals surface area contributed by atoms with Crippen LogP contribution in [0.2, 0.25) is 0 Å². The van der Waals surface area contributed by atoms with Crippen molar-refractivity contribution < 1.29 is 40.4 Å². The minimum Gasteiger partial charge on any atom is -0.455 e. The van der Waals surface area contributed by atoms with Crippen LogP contribution in [0, 0.1) is 0 Å². The molecule has 11 rings (SSSR count). The normalized spacial score (nSPS) is 20.2. The minimum absolute atomic E-state index is 0.271. The van der Waals surface area contributed by atoms with Crippen LogP contribution in [0.25, 0.3) is 98.0 Å². The quantitative estimate of drug-likeness (QED) is 0.175. The first-order valence-corrected chi connectivity index (χ1v) is 14.2. The highest BCUT2D eigenvalue weighted by Gasteiger charge is 2.23. The maximum atomic E-state index is 9.98. The van der Waals surface area contributed by atoms with Crippen molar-refractivity contribution in [1.82, 2.24) is 0 Å². The highest BCUT2D eigenvalue weighted by Crippen LogP contribution is 2.51. The molecule has 47 heavy (non-hydrogen) atoms. The molecule has 10 aromatic rings. The predicted octanol–water partition coefficient (Wildman–Crippen LogP) is 13.2. The summed E-state index contributed by atoms with van der Waals surface area (Å²) in [7, 11) is 0. The third-order valence-corrected chi connectivity index (χ3v) is 8.31. The van der Waals surface area contributed by atoms with Gasteiger partial charge in [-0.15, -0.1) is 0 Å². The predicted molar refractivity (Wildman–Crippen MR) is 199 cm³/mol. The summed E-state index contributed by atoms with van der Waals surface area (Å²) in [4.78, 5) is 0. The monoisotopic (exact) mass is 620 g/mol. The van der Waals surface area contributed by atoms with Gasteiger partial charge in [-0.1, -0.05) is 139 Å². The van der Waals surface area contributed by atoms with E-state index < -0.39 is 256 Å². The van der Waals surface area contributed by atoms with E-state index in [9.17, 15) is 15.1 Å². The zero-order chi connectivity index (χ0) is 53.3. The fourth-order valence-corrected chi connectivity index (χ4v) is 6.25. The molecule has 0 spiro atoms. The summed E-state index contributed by atoms with van der Waals surface area (Å²) >= 11 is 0. The molecule has 10 aromatic carbocycles. The number of benzene rings is 10. The number of hydrogen-bond donors (Lipinski definition) is 0. The van der Waals surface area contributed by atoms with Crippen LogP contribution >= 0.6 is 0 Å². The highest BCUT2D eigenvalue weighted by molar-refractivity contribution is 6.26. The minimum atomic E-state index is -0.968. The summed E-state index contributed by atoms with van der Waals surface area (Å²) in [5.41, 5.74) is -3.75. The molecule has 1 heterocycles. The molecular formula is C46H26O. The summed E-state index contributed by atoms with van der Waals surface area (Å²) in [6.45, 7) is 0. The molecule has 1 aliphatic heterocycles. The van der Waals surface area contributed by atoms with Crippen LogP contribution in [0.1, 0.15) is 35.6 Å². The van der Waals surface area contributed by atoms with Crippen molar-refractivity contribution in [3.05, 3.63) is 157 Å². The summed E-state index contributed by atoms with van der Waals surface area (Å²) in [6, 6.07) is -21.4. The van der Waals surface area contributed by atoms with Crippen LogP contribution in [-0.2, 0) is 0 Å². The summed E-state index contributed by atoms with van der Waals surface area (Å²) in [6.07, 6.45) is 0. The van der Waals surface area contributed by atoms with E-state index in [1.54, 1.807) is 0 Å². The van der Waals surface area contributed by atoms with Gasteiger partial charge < -0.3 is 4.74 Å². The number of rotatable bonds is 2. The average molecular weight is 621 g/mol. The average Bonchev–Trinajstić information content (AvgIpc) is 3.35. The Morgan fingerprint density at radius 2 is 0.915 bits per heavy atom. The van der Waals surface area contributed by atoms with Crippen molar-refractivity contribution in [3.63, 3.8) is 0 Å². The zero-order valence-electron chi connectivity index (χ0n) is 49.4. The van der Waals surface area contributed by atoms with Crippen LogP contribution in [0.3, 0.4) is 0 Å². The number of hydrogen-bond acceptors (Lipinski definition) is 1. The Hall–Kier alpha value is -6.18. The molecule has 0 unspecified atom stereocenters. The lowest BCUT2D eigenvalue weighted by molar-refractivity contribution is 0.493. The number of ether oxygens (including phenoxy) is 1. The van der Waals surface area contributed by atoms with E-state index in [0.717, 1.165) is 0 Å². The van der Waals surface area contributed by atoms with Gasteiger partial charge in [-0.25, -0.2) is 0 Å². The van der Waals surface area contributed by atoms with Crippen molar-refractivity contribution in [2.75, 3.05) is 0 Å². The topological polar surface area (TPSA) is 9.23 Å². The Labute approximate surface area is 307 Å². The third kappa shape index (κ3) is 3.43. The lowest BCUT2D eigenvalue weighted by Gasteiger charge is -2.24. The maximum absolute atomic E-state index is 9.98. The highest BCUT2D eigenvalue weighted by atomic mass is 16.5. The largest absolute Gasteiger partial charge is 0.455 e. The second kappa shape index (κ2) is 9.19. The zero-order valence-corrected chi connectivity index (χ0v) is 23.4. The first-order valence-electron chi connectivity index (χ1n) is 27.2. The van der Waals surface area contributed by atoms with Crippen molar-refractivity contribution in [3.8, 4) is 44.9 Å². The number of fused-ring (bicyclic) bond motifs is 5. The molecule has 0 aliphatic carbocycles. The molecule has 0 N–H and O–H groups in total. The first kappa shape index (κ1) is 11.0. The van der Waals surface area contributed by atoms with Crippen molar-refractivity contribution in [1.29, 1.82) is 0 Å². The Morgan fingerprint density at radius 1 is 0.340 bits per heavy atom. The molecular weight excluding hydrogens is 569 g/mol. The summed E-state index contributed by atoms with van der Waals surface area (Å²) in [5.74, 6) is -1.15. The van der Waals surface area contributed by atoms with Gasteiger partial charge in [0.05, 0.1) is 35.6 Å². The van der Waals surface area contributed by atoms with Gasteiger partial charge in [-0.05, 0) is 99.8 Å². The molecule has 0 fully saturated rings. The maximum Gasteiger partial charge on any atom is 0.143 e. The Kier molecular flexibility index (Phi) is 2.14. The molecule has 0 saturated carbocycles. The van der Waals surface area contributed by atoms with Crippen LogP contribution in [0.5, 0.6) is 11.5 Å². The van der Waals surface area contributed by atoms with Crippen LogP contribution in [0.4, 0.5) is 0 Å². The van der Waals surface area contributed by atoms with E-state index in [2.05, 4.69) is 0 Å². The van der Waals surface area contributed by atoms with Crippen molar-refractivity contribution >= 4 is 64.6 Å². The fraction of sp³-hybridized carbons (Fsp3) is 0. The molecule has 1 aliphatic rings. The third-order valence-electron chi connectivity index (χ3n) is 8.31. The van der Waals surface area contributed by atoms with Crippen LogP contribution in [-0.4, -0.2) is 0 Å². The van der Waals surface area contributed by atoms with E-state index in [-0.39, 0.29) is 10.8 Å². The van der Waals surface area contributed by atoms with E-state index >= 15 is 0 Å². The van der Waals surface area contributed by atoms with E-state index in [1.165, 1.54) is 0 Å². The molecule has 1 nitrogen and oxygen atoms in total. The molecule has 216 valence electrons. The van der Waals surface area contributed by atoms with Gasteiger partial charge in [0.2, 0.25) is 0 Å². The van der Waals surface area contributed by atoms with Crippen LogP contribution in [0.15, 0.2) is 157 Å². The second-order valence-electron chi connectivity index (χ2n) is 10.8.